The van der Waals surface area contributed by atoms with Crippen molar-refractivity contribution < 1.29 is 14.3 Å². The lowest BCUT2D eigenvalue weighted by atomic mass is 10.3. The fourth-order valence-electron chi connectivity index (χ4n) is 1.10. The third kappa shape index (κ3) is 5.44. The number of amides is 2. The average molecular weight is 293 g/mol. The summed E-state index contributed by atoms with van der Waals surface area (Å²) in [6, 6.07) is 4.52. The van der Waals surface area contributed by atoms with Crippen molar-refractivity contribution >= 4 is 29.2 Å². The van der Waals surface area contributed by atoms with Crippen molar-refractivity contribution in [2.24, 2.45) is 0 Å². The van der Waals surface area contributed by atoms with Gasteiger partial charge in [-0.25, -0.2) is 4.79 Å². The SMILES string of the molecule is COCCNC(=O)NCOc1ccc(Cl)cc1Cl. The maximum absolute atomic E-state index is 11.2. The second kappa shape index (κ2) is 8.02. The van der Waals surface area contributed by atoms with Crippen molar-refractivity contribution in [3.8, 4) is 5.75 Å². The number of carbonyl (C=O) groups excluding carboxylic acids is 1. The van der Waals surface area contributed by atoms with Crippen LogP contribution < -0.4 is 15.4 Å². The average Bonchev–Trinajstić information content (AvgIpc) is 2.32. The molecule has 5 nitrogen and oxygen atoms in total. The van der Waals surface area contributed by atoms with Gasteiger partial charge in [-0.1, -0.05) is 23.2 Å². The first-order valence-corrected chi connectivity index (χ1v) is 5.97. The summed E-state index contributed by atoms with van der Waals surface area (Å²) in [5.74, 6) is 0.457. The quantitative estimate of drug-likeness (QED) is 0.625. The van der Waals surface area contributed by atoms with E-state index in [1.807, 2.05) is 0 Å². The predicted molar refractivity (Wildman–Crippen MR) is 70.4 cm³/mol. The van der Waals surface area contributed by atoms with Gasteiger partial charge >= 0.3 is 6.03 Å². The standard InChI is InChI=1S/C11H14Cl2N2O3/c1-17-5-4-14-11(16)15-7-18-10-3-2-8(12)6-9(10)13/h2-3,6H,4-5,7H2,1H3,(H2,14,15,16). The first-order valence-electron chi connectivity index (χ1n) is 5.22. The molecule has 0 radical (unpaired) electrons. The molecule has 1 aromatic rings. The van der Waals surface area contributed by atoms with Gasteiger partial charge in [0.1, 0.15) is 5.75 Å². The number of methoxy groups -OCH3 is 1. The molecule has 7 heteroatoms. The third-order valence-electron chi connectivity index (χ3n) is 1.95. The van der Waals surface area contributed by atoms with Gasteiger partial charge in [0.25, 0.3) is 0 Å². The van der Waals surface area contributed by atoms with Crippen molar-refractivity contribution in [1.29, 1.82) is 0 Å². The molecule has 0 saturated heterocycles. The number of urea groups is 1. The minimum Gasteiger partial charge on any atom is -0.472 e. The van der Waals surface area contributed by atoms with E-state index in [0.29, 0.717) is 28.9 Å². The lowest BCUT2D eigenvalue weighted by Gasteiger charge is -2.10. The molecule has 0 atom stereocenters. The number of carbonyl (C=O) groups is 1. The van der Waals surface area contributed by atoms with Crippen LogP contribution in [0.5, 0.6) is 5.75 Å². The van der Waals surface area contributed by atoms with E-state index in [4.69, 9.17) is 32.7 Å². The van der Waals surface area contributed by atoms with Crippen LogP contribution in [0.1, 0.15) is 0 Å². The molecule has 0 heterocycles. The lowest BCUT2D eigenvalue weighted by molar-refractivity contribution is 0.192. The molecule has 1 aromatic carbocycles. The smallest absolute Gasteiger partial charge is 0.317 e. The zero-order valence-electron chi connectivity index (χ0n) is 9.83. The van der Waals surface area contributed by atoms with Crippen LogP contribution in [0.15, 0.2) is 18.2 Å². The Hall–Kier alpha value is -1.17. The summed E-state index contributed by atoms with van der Waals surface area (Å²) in [4.78, 5) is 11.2. The maximum Gasteiger partial charge on any atom is 0.317 e. The number of hydrogen-bond acceptors (Lipinski definition) is 3. The van der Waals surface area contributed by atoms with Crippen molar-refractivity contribution in [3.05, 3.63) is 28.2 Å². The van der Waals surface area contributed by atoms with Crippen LogP contribution in [-0.4, -0.2) is 33.0 Å². The topological polar surface area (TPSA) is 59.6 Å². The van der Waals surface area contributed by atoms with Crippen LogP contribution in [0.3, 0.4) is 0 Å². The van der Waals surface area contributed by atoms with Gasteiger partial charge in [0, 0.05) is 18.7 Å². The van der Waals surface area contributed by atoms with E-state index in [9.17, 15) is 4.79 Å². The molecule has 0 aliphatic carbocycles. The summed E-state index contributed by atoms with van der Waals surface area (Å²) in [6.07, 6.45) is 0. The number of halogens is 2. The normalized spacial score (nSPS) is 9.94. The molecule has 18 heavy (non-hydrogen) atoms. The molecular formula is C11H14Cl2N2O3. The van der Waals surface area contributed by atoms with E-state index in [2.05, 4.69) is 10.6 Å². The molecule has 0 fully saturated rings. The fraction of sp³-hybridized carbons (Fsp3) is 0.364. The Labute approximate surface area is 115 Å². The van der Waals surface area contributed by atoms with Gasteiger partial charge in [0.15, 0.2) is 6.73 Å². The van der Waals surface area contributed by atoms with Crippen molar-refractivity contribution in [2.45, 2.75) is 0 Å². The number of nitrogens with one attached hydrogen (secondary N) is 2. The van der Waals surface area contributed by atoms with Crippen molar-refractivity contribution in [1.82, 2.24) is 10.6 Å². The number of ether oxygens (including phenoxy) is 2. The molecule has 2 amide bonds. The minimum absolute atomic E-state index is 0.0141. The number of hydrogen-bond donors (Lipinski definition) is 2. The first-order chi connectivity index (χ1) is 8.63. The molecular weight excluding hydrogens is 279 g/mol. The van der Waals surface area contributed by atoms with Gasteiger partial charge in [-0.3, -0.25) is 0 Å². The second-order valence-corrected chi connectivity index (χ2v) is 4.13. The Balaban J connectivity index is 2.26. The van der Waals surface area contributed by atoms with Crippen LogP contribution in [0, 0.1) is 0 Å². The van der Waals surface area contributed by atoms with Crippen LogP contribution in [0.25, 0.3) is 0 Å². The van der Waals surface area contributed by atoms with Crippen LogP contribution >= 0.6 is 23.2 Å². The predicted octanol–water partition coefficient (Wildman–Crippen LogP) is 2.28. The van der Waals surface area contributed by atoms with Gasteiger partial charge in [-0.15, -0.1) is 0 Å². The molecule has 0 saturated carbocycles. The molecule has 0 aliphatic heterocycles. The summed E-state index contributed by atoms with van der Waals surface area (Å²) in [7, 11) is 1.56. The summed E-state index contributed by atoms with van der Waals surface area (Å²) in [5, 5.41) is 6.02. The van der Waals surface area contributed by atoms with Crippen LogP contribution in [-0.2, 0) is 4.74 Å². The van der Waals surface area contributed by atoms with Crippen molar-refractivity contribution in [2.75, 3.05) is 27.0 Å². The second-order valence-electron chi connectivity index (χ2n) is 3.29. The maximum atomic E-state index is 11.2. The molecule has 0 aliphatic rings. The Kier molecular flexibility index (Phi) is 6.64. The van der Waals surface area contributed by atoms with Gasteiger partial charge in [-0.2, -0.15) is 0 Å². The van der Waals surface area contributed by atoms with Crippen LogP contribution in [0.2, 0.25) is 10.0 Å². The highest BCUT2D eigenvalue weighted by Crippen LogP contribution is 2.27. The molecule has 0 bridgehead atoms. The molecule has 2 N–H and O–H groups in total. The fourth-order valence-corrected chi connectivity index (χ4v) is 1.56. The monoisotopic (exact) mass is 292 g/mol. The minimum atomic E-state index is -0.336. The van der Waals surface area contributed by atoms with Gasteiger partial charge in [0.05, 0.1) is 11.6 Å². The van der Waals surface area contributed by atoms with E-state index in [-0.39, 0.29) is 12.8 Å². The Bertz CT molecular complexity index is 402. The molecule has 100 valence electrons. The van der Waals surface area contributed by atoms with E-state index < -0.39 is 0 Å². The van der Waals surface area contributed by atoms with Gasteiger partial charge in [-0.05, 0) is 18.2 Å². The lowest BCUT2D eigenvalue weighted by Crippen LogP contribution is -2.39. The Morgan fingerprint density at radius 3 is 2.78 bits per heavy atom. The summed E-state index contributed by atoms with van der Waals surface area (Å²) in [6.45, 7) is 0.904. The van der Waals surface area contributed by atoms with E-state index in [1.165, 1.54) is 0 Å². The van der Waals surface area contributed by atoms with Gasteiger partial charge in [0.2, 0.25) is 0 Å². The first kappa shape index (κ1) is 14.9. The third-order valence-corrected chi connectivity index (χ3v) is 2.48. The molecule has 1 rings (SSSR count). The highest BCUT2D eigenvalue weighted by atomic mass is 35.5. The Morgan fingerprint density at radius 2 is 2.11 bits per heavy atom. The number of benzene rings is 1. The van der Waals surface area contributed by atoms with E-state index in [0.717, 1.165) is 0 Å². The Morgan fingerprint density at radius 1 is 1.33 bits per heavy atom. The number of rotatable bonds is 6. The zero-order valence-corrected chi connectivity index (χ0v) is 11.3. The molecule has 0 spiro atoms. The zero-order chi connectivity index (χ0) is 13.4. The largest absolute Gasteiger partial charge is 0.472 e. The van der Waals surface area contributed by atoms with E-state index >= 15 is 0 Å². The molecule has 0 unspecified atom stereocenters. The summed E-state index contributed by atoms with van der Waals surface area (Å²) >= 11 is 11.6. The molecule has 0 aromatic heterocycles. The van der Waals surface area contributed by atoms with Crippen molar-refractivity contribution in [3.63, 3.8) is 0 Å². The highest BCUT2D eigenvalue weighted by Gasteiger charge is 2.03. The van der Waals surface area contributed by atoms with E-state index in [1.54, 1.807) is 25.3 Å². The summed E-state index contributed by atoms with van der Waals surface area (Å²) < 4.78 is 10.1. The van der Waals surface area contributed by atoms with Crippen LogP contribution in [0.4, 0.5) is 4.79 Å². The highest BCUT2D eigenvalue weighted by molar-refractivity contribution is 6.35. The van der Waals surface area contributed by atoms with Gasteiger partial charge < -0.3 is 20.1 Å². The summed E-state index contributed by atoms with van der Waals surface area (Å²) in [5.41, 5.74) is 0.